The smallest absolute Gasteiger partial charge is 0.173 e. The van der Waals surface area contributed by atoms with Crippen molar-refractivity contribution < 1.29 is 4.74 Å². The van der Waals surface area contributed by atoms with Crippen molar-refractivity contribution >= 4 is 34.6 Å². The van der Waals surface area contributed by atoms with Crippen molar-refractivity contribution in [3.8, 4) is 0 Å². The molecule has 6 heteroatoms. The number of hydrogen-bond donors (Lipinski definition) is 1. The maximum Gasteiger partial charge on any atom is 0.173 e. The van der Waals surface area contributed by atoms with Crippen molar-refractivity contribution in [2.75, 3.05) is 51.3 Å². The molecular formula is C21H30ClN3OS. The zero-order chi connectivity index (χ0) is 19.1. The van der Waals surface area contributed by atoms with Gasteiger partial charge in [0.1, 0.15) is 0 Å². The summed E-state index contributed by atoms with van der Waals surface area (Å²) in [5, 5.41) is 5.00. The Labute approximate surface area is 173 Å². The van der Waals surface area contributed by atoms with Crippen LogP contribution in [0.25, 0.3) is 0 Å². The summed E-state index contributed by atoms with van der Waals surface area (Å²) in [6.45, 7) is 8.65. The number of morpholine rings is 1. The van der Waals surface area contributed by atoms with E-state index < -0.39 is 0 Å². The fraction of sp³-hybridized carbons (Fsp3) is 0.571. The Kier molecular flexibility index (Phi) is 7.94. The normalized spacial score (nSPS) is 20.4. The van der Waals surface area contributed by atoms with Gasteiger partial charge in [-0.15, -0.1) is 0 Å². The van der Waals surface area contributed by atoms with Crippen LogP contribution in [0.3, 0.4) is 0 Å². The molecule has 1 aromatic rings. The summed E-state index contributed by atoms with van der Waals surface area (Å²) in [7, 11) is 0. The highest BCUT2D eigenvalue weighted by molar-refractivity contribution is 7.80. The van der Waals surface area contributed by atoms with Crippen LogP contribution in [0, 0.1) is 12.8 Å². The molecule has 1 saturated heterocycles. The Morgan fingerprint density at radius 1 is 1.33 bits per heavy atom. The molecule has 1 atom stereocenters. The lowest BCUT2D eigenvalue weighted by atomic mass is 9.94. The second-order valence-corrected chi connectivity index (χ2v) is 8.19. The van der Waals surface area contributed by atoms with E-state index in [1.807, 2.05) is 25.1 Å². The molecule has 0 saturated carbocycles. The average molecular weight is 408 g/mol. The molecule has 1 aliphatic heterocycles. The molecule has 0 radical (unpaired) electrons. The maximum absolute atomic E-state index is 6.27. The highest BCUT2D eigenvalue weighted by atomic mass is 35.5. The van der Waals surface area contributed by atoms with E-state index in [-0.39, 0.29) is 0 Å². The first-order chi connectivity index (χ1) is 13.1. The van der Waals surface area contributed by atoms with Crippen molar-refractivity contribution in [1.82, 2.24) is 9.80 Å². The summed E-state index contributed by atoms with van der Waals surface area (Å²) >= 11 is 12.1. The van der Waals surface area contributed by atoms with Gasteiger partial charge in [-0.1, -0.05) is 29.8 Å². The number of nitrogens with one attached hydrogen (secondary N) is 1. The standard InChI is InChI=1S/C21H30ClN3OS/c1-17-19(22)8-5-9-20(17)23-21(27)25(16-18-6-3-2-4-7-18)11-10-24-12-14-26-15-13-24/h2-3,5,8-9,18H,4,6-7,10-16H2,1H3,(H,23,27). The van der Waals surface area contributed by atoms with Crippen molar-refractivity contribution in [2.24, 2.45) is 5.92 Å². The third kappa shape index (κ3) is 6.18. The summed E-state index contributed by atoms with van der Waals surface area (Å²) in [5.41, 5.74) is 2.03. The molecule has 1 unspecified atom stereocenters. The Bertz CT molecular complexity index is 661. The van der Waals surface area contributed by atoms with Gasteiger partial charge >= 0.3 is 0 Å². The molecule has 1 aliphatic carbocycles. The minimum atomic E-state index is 0.667. The predicted molar refractivity (Wildman–Crippen MR) is 118 cm³/mol. The van der Waals surface area contributed by atoms with Crippen LogP contribution in [0.5, 0.6) is 0 Å². The molecule has 0 bridgehead atoms. The van der Waals surface area contributed by atoms with E-state index in [9.17, 15) is 0 Å². The number of rotatable bonds is 6. The molecule has 1 fully saturated rings. The number of nitrogens with zero attached hydrogens (tertiary/aromatic N) is 2. The zero-order valence-electron chi connectivity index (χ0n) is 16.1. The van der Waals surface area contributed by atoms with Crippen molar-refractivity contribution in [1.29, 1.82) is 0 Å². The first-order valence-corrected chi connectivity index (χ1v) is 10.7. The lowest BCUT2D eigenvalue weighted by molar-refractivity contribution is 0.0356. The van der Waals surface area contributed by atoms with Gasteiger partial charge in [-0.3, -0.25) is 4.90 Å². The SMILES string of the molecule is Cc1c(Cl)cccc1NC(=S)N(CCN1CCOCC1)CC1CC=CCC1. The van der Waals surface area contributed by atoms with Crippen LogP contribution in [0.2, 0.25) is 5.02 Å². The van der Waals surface area contributed by atoms with E-state index in [4.69, 9.17) is 28.6 Å². The monoisotopic (exact) mass is 407 g/mol. The second-order valence-electron chi connectivity index (χ2n) is 7.39. The molecule has 2 aliphatic rings. The van der Waals surface area contributed by atoms with Gasteiger partial charge in [-0.2, -0.15) is 0 Å². The Morgan fingerprint density at radius 2 is 2.15 bits per heavy atom. The van der Waals surface area contributed by atoms with E-state index in [0.29, 0.717) is 5.92 Å². The first kappa shape index (κ1) is 20.6. The van der Waals surface area contributed by atoms with Gasteiger partial charge in [-0.05, 0) is 62.0 Å². The third-order valence-corrected chi connectivity index (χ3v) is 6.21. The molecule has 3 rings (SSSR count). The molecule has 0 spiro atoms. The van der Waals surface area contributed by atoms with Crippen LogP contribution in [0.4, 0.5) is 5.69 Å². The summed E-state index contributed by atoms with van der Waals surface area (Å²) in [5.74, 6) is 0.667. The van der Waals surface area contributed by atoms with E-state index in [2.05, 4.69) is 27.3 Å². The summed E-state index contributed by atoms with van der Waals surface area (Å²) in [6.07, 6.45) is 8.16. The summed E-state index contributed by atoms with van der Waals surface area (Å²) in [4.78, 5) is 4.81. The molecule has 0 amide bonds. The minimum absolute atomic E-state index is 0.667. The van der Waals surface area contributed by atoms with Gasteiger partial charge in [0.05, 0.1) is 13.2 Å². The van der Waals surface area contributed by atoms with Gasteiger partial charge in [0, 0.05) is 43.4 Å². The lowest BCUT2D eigenvalue weighted by Gasteiger charge is -2.34. The molecule has 1 N–H and O–H groups in total. The van der Waals surface area contributed by atoms with Crippen molar-refractivity contribution in [3.63, 3.8) is 0 Å². The van der Waals surface area contributed by atoms with Gasteiger partial charge < -0.3 is 15.0 Å². The van der Waals surface area contributed by atoms with Crippen LogP contribution < -0.4 is 5.32 Å². The second kappa shape index (κ2) is 10.4. The highest BCUT2D eigenvalue weighted by Gasteiger charge is 2.19. The summed E-state index contributed by atoms with van der Waals surface area (Å²) < 4.78 is 5.47. The fourth-order valence-electron chi connectivity index (χ4n) is 3.63. The predicted octanol–water partition coefficient (Wildman–Crippen LogP) is 4.34. The average Bonchev–Trinajstić information content (AvgIpc) is 2.70. The van der Waals surface area contributed by atoms with Gasteiger partial charge in [-0.25, -0.2) is 0 Å². The van der Waals surface area contributed by atoms with E-state index in [1.54, 1.807) is 0 Å². The third-order valence-electron chi connectivity index (χ3n) is 5.44. The topological polar surface area (TPSA) is 27.7 Å². The van der Waals surface area contributed by atoms with E-state index in [1.165, 1.54) is 12.8 Å². The largest absolute Gasteiger partial charge is 0.379 e. The number of allylic oxidation sites excluding steroid dienone is 2. The van der Waals surface area contributed by atoms with Gasteiger partial charge in [0.2, 0.25) is 0 Å². The zero-order valence-corrected chi connectivity index (χ0v) is 17.7. The first-order valence-electron chi connectivity index (χ1n) is 9.89. The minimum Gasteiger partial charge on any atom is -0.379 e. The molecular weight excluding hydrogens is 378 g/mol. The van der Waals surface area contributed by atoms with Crippen LogP contribution in [0.15, 0.2) is 30.4 Å². The quantitative estimate of drug-likeness (QED) is 0.559. The molecule has 27 heavy (non-hydrogen) atoms. The summed E-state index contributed by atoms with van der Waals surface area (Å²) in [6, 6.07) is 5.91. The Balaban J connectivity index is 1.64. The van der Waals surface area contributed by atoms with Crippen LogP contribution in [-0.2, 0) is 4.74 Å². The Morgan fingerprint density at radius 3 is 2.89 bits per heavy atom. The molecule has 4 nitrogen and oxygen atoms in total. The number of ether oxygens (including phenoxy) is 1. The van der Waals surface area contributed by atoms with Crippen LogP contribution >= 0.6 is 23.8 Å². The van der Waals surface area contributed by atoms with Gasteiger partial charge in [0.15, 0.2) is 5.11 Å². The number of benzene rings is 1. The van der Waals surface area contributed by atoms with E-state index in [0.717, 1.165) is 73.7 Å². The van der Waals surface area contributed by atoms with Crippen molar-refractivity contribution in [3.05, 3.63) is 40.9 Å². The molecule has 1 heterocycles. The number of halogens is 1. The number of anilines is 1. The van der Waals surface area contributed by atoms with E-state index >= 15 is 0 Å². The van der Waals surface area contributed by atoms with Crippen LogP contribution in [-0.4, -0.2) is 60.8 Å². The molecule has 0 aromatic heterocycles. The highest BCUT2D eigenvalue weighted by Crippen LogP contribution is 2.24. The lowest BCUT2D eigenvalue weighted by Crippen LogP contribution is -2.45. The molecule has 148 valence electrons. The number of thiocarbonyl (C=S) groups is 1. The van der Waals surface area contributed by atoms with Crippen LogP contribution in [0.1, 0.15) is 24.8 Å². The maximum atomic E-state index is 6.27. The number of hydrogen-bond acceptors (Lipinski definition) is 3. The van der Waals surface area contributed by atoms with Gasteiger partial charge in [0.25, 0.3) is 0 Å². The fourth-order valence-corrected chi connectivity index (χ4v) is 4.08. The Hall–Kier alpha value is -1.14. The van der Waals surface area contributed by atoms with Crippen molar-refractivity contribution in [2.45, 2.75) is 26.2 Å². The molecule has 1 aromatic carbocycles.